The van der Waals surface area contributed by atoms with Gasteiger partial charge < -0.3 is 4.90 Å². The molecule has 0 rings (SSSR count). The van der Waals surface area contributed by atoms with Gasteiger partial charge in [-0.1, -0.05) is 39.0 Å². The summed E-state index contributed by atoms with van der Waals surface area (Å²) < 4.78 is 0. The molecule has 0 saturated heterocycles. The molecule has 0 fully saturated rings. The van der Waals surface area contributed by atoms with E-state index in [9.17, 15) is 4.79 Å². The summed E-state index contributed by atoms with van der Waals surface area (Å²) in [6, 6.07) is 0. The number of rotatable bonds is 8. The first-order valence-corrected chi connectivity index (χ1v) is 4.96. The summed E-state index contributed by atoms with van der Waals surface area (Å²) in [5, 5.41) is 0. The molecule has 0 saturated carbocycles. The maximum Gasteiger partial charge on any atom is 0.209 e. The highest BCUT2D eigenvalue weighted by atomic mass is 16.1. The van der Waals surface area contributed by atoms with Crippen LogP contribution in [0.2, 0.25) is 0 Å². The summed E-state index contributed by atoms with van der Waals surface area (Å²) in [5.74, 6) is 0. The number of nitrogens with zero attached hydrogens (tertiary/aromatic N) is 1. The van der Waals surface area contributed by atoms with E-state index >= 15 is 0 Å². The molecule has 0 spiro atoms. The summed E-state index contributed by atoms with van der Waals surface area (Å²) in [6.45, 7) is 3.13. The second-order valence-corrected chi connectivity index (χ2v) is 3.35. The summed E-state index contributed by atoms with van der Waals surface area (Å²) in [4.78, 5) is 11.9. The van der Waals surface area contributed by atoms with Gasteiger partial charge in [-0.25, -0.2) is 0 Å². The van der Waals surface area contributed by atoms with Crippen molar-refractivity contribution in [3.8, 4) is 0 Å². The fourth-order valence-electron chi connectivity index (χ4n) is 1.19. The number of amides is 1. The molecule has 0 aliphatic carbocycles. The Balaban J connectivity index is 2.95. The van der Waals surface area contributed by atoms with Crippen LogP contribution in [0.1, 0.15) is 45.4 Å². The van der Waals surface area contributed by atoms with Gasteiger partial charge in [0.05, 0.1) is 0 Å². The van der Waals surface area contributed by atoms with Gasteiger partial charge >= 0.3 is 0 Å². The molecule has 0 aliphatic rings. The van der Waals surface area contributed by atoms with Crippen LogP contribution in [-0.2, 0) is 4.79 Å². The maximum atomic E-state index is 10.2. The molecule has 2 heteroatoms. The van der Waals surface area contributed by atoms with Crippen LogP contribution in [-0.4, -0.2) is 24.9 Å². The first-order chi connectivity index (χ1) is 5.81. The molecule has 0 N–H and O–H groups in total. The Labute approximate surface area is 75.9 Å². The average molecular weight is 171 g/mol. The third-order valence-corrected chi connectivity index (χ3v) is 2.04. The zero-order valence-corrected chi connectivity index (χ0v) is 8.38. The van der Waals surface area contributed by atoms with Crippen LogP contribution in [0.5, 0.6) is 0 Å². The lowest BCUT2D eigenvalue weighted by Gasteiger charge is -2.09. The highest BCUT2D eigenvalue weighted by Gasteiger charge is 1.93. The van der Waals surface area contributed by atoms with Gasteiger partial charge in [0.15, 0.2) is 0 Å². The van der Waals surface area contributed by atoms with Crippen LogP contribution in [0, 0.1) is 0 Å². The van der Waals surface area contributed by atoms with Crippen molar-refractivity contribution in [2.75, 3.05) is 13.6 Å². The van der Waals surface area contributed by atoms with Gasteiger partial charge in [0.2, 0.25) is 6.41 Å². The van der Waals surface area contributed by atoms with E-state index in [0.29, 0.717) is 0 Å². The molecule has 0 unspecified atom stereocenters. The predicted octanol–water partition coefficient (Wildman–Crippen LogP) is 2.44. The van der Waals surface area contributed by atoms with E-state index in [0.717, 1.165) is 19.4 Å². The fourth-order valence-corrected chi connectivity index (χ4v) is 1.19. The van der Waals surface area contributed by atoms with Gasteiger partial charge in [0.25, 0.3) is 0 Å². The largest absolute Gasteiger partial charge is 0.348 e. The molecule has 0 aliphatic heterocycles. The molecule has 2 nitrogen and oxygen atoms in total. The Morgan fingerprint density at radius 2 is 1.67 bits per heavy atom. The first-order valence-electron chi connectivity index (χ1n) is 4.96. The van der Waals surface area contributed by atoms with Crippen molar-refractivity contribution < 1.29 is 4.79 Å². The predicted molar refractivity (Wildman–Crippen MR) is 52.1 cm³/mol. The molecule has 0 atom stereocenters. The van der Waals surface area contributed by atoms with Crippen molar-refractivity contribution in [3.63, 3.8) is 0 Å². The van der Waals surface area contributed by atoms with Crippen molar-refractivity contribution >= 4 is 6.41 Å². The van der Waals surface area contributed by atoms with Crippen molar-refractivity contribution in [1.82, 2.24) is 4.90 Å². The van der Waals surface area contributed by atoms with Gasteiger partial charge in [-0.2, -0.15) is 0 Å². The minimum absolute atomic E-state index is 0.895. The lowest BCUT2D eigenvalue weighted by molar-refractivity contribution is -0.117. The van der Waals surface area contributed by atoms with E-state index in [1.165, 1.54) is 32.1 Å². The zero-order chi connectivity index (χ0) is 9.23. The molecule has 0 aromatic heterocycles. The Morgan fingerprint density at radius 3 is 2.25 bits per heavy atom. The lowest BCUT2D eigenvalue weighted by atomic mass is 10.1. The Morgan fingerprint density at radius 1 is 1.08 bits per heavy atom. The Bertz CT molecular complexity index is 104. The lowest BCUT2D eigenvalue weighted by Crippen LogP contribution is -2.16. The van der Waals surface area contributed by atoms with Crippen LogP contribution in [0.25, 0.3) is 0 Å². The SMILES string of the molecule is CCCCCCCCN(C)C=O. The molecule has 1 amide bonds. The second kappa shape index (κ2) is 8.57. The summed E-state index contributed by atoms with van der Waals surface area (Å²) in [6.07, 6.45) is 8.63. The van der Waals surface area contributed by atoms with Crippen molar-refractivity contribution in [1.29, 1.82) is 0 Å². The number of carbonyl (C=O) groups excluding carboxylic acids is 1. The van der Waals surface area contributed by atoms with Gasteiger partial charge in [-0.05, 0) is 6.42 Å². The fraction of sp³-hybridized carbons (Fsp3) is 0.900. The molecule has 72 valence electrons. The normalized spacial score (nSPS) is 9.83. The molecule has 0 bridgehead atoms. The van der Waals surface area contributed by atoms with Crippen molar-refractivity contribution in [3.05, 3.63) is 0 Å². The van der Waals surface area contributed by atoms with Crippen molar-refractivity contribution in [2.24, 2.45) is 0 Å². The maximum absolute atomic E-state index is 10.2. The van der Waals surface area contributed by atoms with Gasteiger partial charge in [-0.15, -0.1) is 0 Å². The molecular weight excluding hydrogens is 150 g/mol. The van der Waals surface area contributed by atoms with E-state index in [4.69, 9.17) is 0 Å². The molecule has 0 aromatic rings. The standard InChI is InChI=1S/C10H21NO/c1-3-4-5-6-7-8-9-11(2)10-12/h10H,3-9H2,1-2H3. The highest BCUT2D eigenvalue weighted by molar-refractivity contribution is 5.46. The van der Waals surface area contributed by atoms with Crippen LogP contribution in [0.4, 0.5) is 0 Å². The second-order valence-electron chi connectivity index (χ2n) is 3.35. The zero-order valence-electron chi connectivity index (χ0n) is 8.38. The number of hydrogen-bond donors (Lipinski definition) is 0. The van der Waals surface area contributed by atoms with E-state index in [2.05, 4.69) is 6.92 Å². The Hall–Kier alpha value is -0.530. The van der Waals surface area contributed by atoms with E-state index in [-0.39, 0.29) is 0 Å². The van der Waals surface area contributed by atoms with Crippen LogP contribution >= 0.6 is 0 Å². The number of hydrogen-bond acceptors (Lipinski definition) is 1. The number of unbranched alkanes of at least 4 members (excludes halogenated alkanes) is 5. The smallest absolute Gasteiger partial charge is 0.209 e. The summed E-state index contributed by atoms with van der Waals surface area (Å²) in [5.41, 5.74) is 0. The third kappa shape index (κ3) is 7.58. The minimum atomic E-state index is 0.895. The molecule has 0 aromatic carbocycles. The summed E-state index contributed by atoms with van der Waals surface area (Å²) >= 11 is 0. The molecule has 12 heavy (non-hydrogen) atoms. The minimum Gasteiger partial charge on any atom is -0.348 e. The molecule has 0 radical (unpaired) electrons. The number of carbonyl (C=O) groups is 1. The van der Waals surface area contributed by atoms with Gasteiger partial charge in [-0.3, -0.25) is 4.79 Å². The quantitative estimate of drug-likeness (QED) is 0.406. The molecular formula is C10H21NO. The topological polar surface area (TPSA) is 20.3 Å². The van der Waals surface area contributed by atoms with E-state index in [1.807, 2.05) is 7.05 Å². The average Bonchev–Trinajstić information content (AvgIpc) is 2.10. The van der Waals surface area contributed by atoms with Gasteiger partial charge in [0, 0.05) is 13.6 Å². The van der Waals surface area contributed by atoms with E-state index < -0.39 is 0 Å². The van der Waals surface area contributed by atoms with Gasteiger partial charge in [0.1, 0.15) is 0 Å². The van der Waals surface area contributed by atoms with Crippen LogP contribution in [0.3, 0.4) is 0 Å². The van der Waals surface area contributed by atoms with Crippen LogP contribution in [0.15, 0.2) is 0 Å². The van der Waals surface area contributed by atoms with E-state index in [1.54, 1.807) is 4.90 Å². The Kier molecular flexibility index (Phi) is 8.19. The highest BCUT2D eigenvalue weighted by Crippen LogP contribution is 2.04. The first kappa shape index (κ1) is 11.5. The van der Waals surface area contributed by atoms with Crippen molar-refractivity contribution in [2.45, 2.75) is 45.4 Å². The van der Waals surface area contributed by atoms with Crippen LogP contribution < -0.4 is 0 Å². The monoisotopic (exact) mass is 171 g/mol. The summed E-state index contributed by atoms with van der Waals surface area (Å²) in [7, 11) is 1.83. The molecule has 0 heterocycles. The third-order valence-electron chi connectivity index (χ3n) is 2.04.